The average Bonchev–Trinajstić information content (AvgIpc) is 4.09. The number of nitrogens with zero attached hydrogens (tertiary/aromatic N) is 5. The summed E-state index contributed by atoms with van der Waals surface area (Å²) in [4.78, 5) is 16.2. The minimum Gasteiger partial charge on any atom is -0.456 e. The molecule has 15 rings (SSSR count). The maximum absolute atomic E-state index is 6.40. The van der Waals surface area contributed by atoms with Gasteiger partial charge in [0.1, 0.15) is 11.2 Å². The van der Waals surface area contributed by atoms with Gasteiger partial charge >= 0.3 is 0 Å². The van der Waals surface area contributed by atoms with E-state index in [1.165, 1.54) is 32.3 Å². The van der Waals surface area contributed by atoms with E-state index in [9.17, 15) is 0 Å². The van der Waals surface area contributed by atoms with Crippen molar-refractivity contribution in [2.24, 2.45) is 0 Å². The van der Waals surface area contributed by atoms with Gasteiger partial charge in [0.25, 0.3) is 0 Å². The Balaban J connectivity index is 1.05. The van der Waals surface area contributed by atoms with E-state index in [0.717, 1.165) is 93.5 Å². The molecule has 0 amide bonds. The summed E-state index contributed by atoms with van der Waals surface area (Å²) in [7, 11) is 0. The average molecular weight is 880 g/mol. The Labute approximate surface area is 394 Å². The van der Waals surface area contributed by atoms with Crippen LogP contribution in [0.3, 0.4) is 0 Å². The summed E-state index contributed by atoms with van der Waals surface area (Å²) in [6.07, 6.45) is 0. The lowest BCUT2D eigenvalue weighted by molar-refractivity contribution is 0.669. The molecule has 6 nitrogen and oxygen atoms in total. The SMILES string of the molecule is c1ccc(-c2nc(-c3cccc4oc5ccccc5c34)nc(-n3c4ccccc4c4ccc5c6ccccc6n(-c6ccccc6-c6ccc7c8ccccc8c8ccccc8c7c6)c5c43)n2)cc1. The lowest BCUT2D eigenvalue weighted by Crippen LogP contribution is -2.07. The summed E-state index contributed by atoms with van der Waals surface area (Å²) in [5.41, 5.74) is 10.9. The summed E-state index contributed by atoms with van der Waals surface area (Å²) in [6, 6.07) is 79.9. The molecule has 0 saturated heterocycles. The van der Waals surface area contributed by atoms with E-state index in [4.69, 9.17) is 19.4 Å². The van der Waals surface area contributed by atoms with E-state index < -0.39 is 0 Å². The second kappa shape index (κ2) is 14.6. The zero-order valence-corrected chi connectivity index (χ0v) is 37.0. The topological polar surface area (TPSA) is 61.7 Å². The summed E-state index contributed by atoms with van der Waals surface area (Å²) < 4.78 is 11.1. The minimum absolute atomic E-state index is 0.529. The predicted octanol–water partition coefficient (Wildman–Crippen LogP) is 16.4. The van der Waals surface area contributed by atoms with Gasteiger partial charge in [0, 0.05) is 49.0 Å². The number of furan rings is 1. The maximum atomic E-state index is 6.40. The first-order chi connectivity index (χ1) is 34.2. The predicted molar refractivity (Wildman–Crippen MR) is 285 cm³/mol. The van der Waals surface area contributed by atoms with E-state index in [-0.39, 0.29) is 0 Å². The van der Waals surface area contributed by atoms with Crippen molar-refractivity contribution in [3.8, 4) is 45.5 Å². The van der Waals surface area contributed by atoms with Crippen molar-refractivity contribution in [2.75, 3.05) is 0 Å². The van der Waals surface area contributed by atoms with Crippen LogP contribution in [-0.4, -0.2) is 24.1 Å². The number of para-hydroxylation sites is 4. The van der Waals surface area contributed by atoms with Crippen molar-refractivity contribution in [3.05, 3.63) is 224 Å². The van der Waals surface area contributed by atoms with Crippen LogP contribution in [0, 0.1) is 0 Å². The number of aromatic nitrogens is 5. The second-order valence-corrected chi connectivity index (χ2v) is 17.9. The highest BCUT2D eigenvalue weighted by atomic mass is 16.3. The zero-order valence-electron chi connectivity index (χ0n) is 37.0. The van der Waals surface area contributed by atoms with Crippen LogP contribution in [-0.2, 0) is 0 Å². The molecule has 0 unspecified atom stereocenters. The molecule has 0 bridgehead atoms. The van der Waals surface area contributed by atoms with Gasteiger partial charge in [-0.25, -0.2) is 4.98 Å². The van der Waals surface area contributed by atoms with Crippen LogP contribution in [0.15, 0.2) is 229 Å². The van der Waals surface area contributed by atoms with Gasteiger partial charge in [0.05, 0.1) is 27.8 Å². The van der Waals surface area contributed by atoms with Crippen molar-refractivity contribution < 1.29 is 4.42 Å². The van der Waals surface area contributed by atoms with Crippen LogP contribution in [0.25, 0.3) is 143 Å². The van der Waals surface area contributed by atoms with Gasteiger partial charge in [-0.3, -0.25) is 4.57 Å². The molecule has 0 spiro atoms. The van der Waals surface area contributed by atoms with E-state index in [2.05, 4.69) is 185 Å². The van der Waals surface area contributed by atoms with Gasteiger partial charge in [-0.1, -0.05) is 188 Å². The summed E-state index contributed by atoms with van der Waals surface area (Å²) >= 11 is 0. The highest BCUT2D eigenvalue weighted by molar-refractivity contribution is 6.27. The van der Waals surface area contributed by atoms with Crippen LogP contribution >= 0.6 is 0 Å². The molecular formula is C63H37N5O. The van der Waals surface area contributed by atoms with Crippen LogP contribution in [0.2, 0.25) is 0 Å². The standard InChI is InChI=1S/C63H37N5O/c1-2-17-38(18-3-1)61-64-62(51-27-16-32-57-58(51)50-26-11-15-31-56(50)69-57)66-63(65-61)68-55-30-14-10-25-47(55)49-36-35-48-46-24-9-13-29-54(46)67(59(48)60(49)68)53-28-12-8-19-40(53)39-33-34-45-43-22-5-4-20-41(43)42-21-6-7-23-44(42)52(45)37-39/h1-37H. The second-order valence-electron chi connectivity index (χ2n) is 17.9. The fourth-order valence-electron chi connectivity index (χ4n) is 11.2. The molecule has 0 radical (unpaired) electrons. The largest absolute Gasteiger partial charge is 0.456 e. The third-order valence-electron chi connectivity index (χ3n) is 14.2. The summed E-state index contributed by atoms with van der Waals surface area (Å²) in [6.45, 7) is 0. The number of benzene rings is 11. The molecule has 11 aromatic carbocycles. The van der Waals surface area contributed by atoms with Crippen LogP contribution in [0.4, 0.5) is 0 Å². The van der Waals surface area contributed by atoms with Crippen molar-refractivity contribution in [1.82, 2.24) is 24.1 Å². The van der Waals surface area contributed by atoms with Gasteiger partial charge in [-0.15, -0.1) is 0 Å². The molecule has 0 aliphatic carbocycles. The molecule has 4 aromatic heterocycles. The number of hydrogen-bond donors (Lipinski definition) is 0. The lowest BCUT2D eigenvalue weighted by atomic mass is 9.92. The molecule has 6 heteroatoms. The van der Waals surface area contributed by atoms with E-state index >= 15 is 0 Å². The van der Waals surface area contributed by atoms with Gasteiger partial charge < -0.3 is 8.98 Å². The Morgan fingerprint density at radius 3 is 1.54 bits per heavy atom. The van der Waals surface area contributed by atoms with Gasteiger partial charge in [0.2, 0.25) is 5.95 Å². The van der Waals surface area contributed by atoms with Crippen molar-refractivity contribution in [2.45, 2.75) is 0 Å². The molecule has 0 N–H and O–H groups in total. The van der Waals surface area contributed by atoms with Crippen LogP contribution < -0.4 is 0 Å². The Kier molecular flexibility index (Phi) is 7.97. The van der Waals surface area contributed by atoms with Gasteiger partial charge in [-0.05, 0) is 74.3 Å². The molecule has 0 saturated carbocycles. The highest BCUT2D eigenvalue weighted by Crippen LogP contribution is 2.45. The fourth-order valence-corrected chi connectivity index (χ4v) is 11.2. The number of hydrogen-bond acceptors (Lipinski definition) is 4. The van der Waals surface area contributed by atoms with Crippen molar-refractivity contribution >= 4 is 97.9 Å². The zero-order chi connectivity index (χ0) is 45.2. The van der Waals surface area contributed by atoms with Crippen molar-refractivity contribution in [1.29, 1.82) is 0 Å². The Hall–Kier alpha value is -9.39. The molecule has 0 atom stereocenters. The Morgan fingerprint density at radius 2 is 0.812 bits per heavy atom. The third-order valence-corrected chi connectivity index (χ3v) is 14.2. The molecule has 0 aliphatic rings. The smallest absolute Gasteiger partial charge is 0.238 e. The quantitative estimate of drug-likeness (QED) is 0.162. The van der Waals surface area contributed by atoms with Crippen molar-refractivity contribution in [3.63, 3.8) is 0 Å². The molecule has 4 heterocycles. The van der Waals surface area contributed by atoms with Gasteiger partial charge in [-0.2, -0.15) is 9.97 Å². The molecule has 0 aliphatic heterocycles. The summed E-state index contributed by atoms with van der Waals surface area (Å²) in [5.74, 6) is 1.68. The first-order valence-corrected chi connectivity index (χ1v) is 23.4. The van der Waals surface area contributed by atoms with Gasteiger partial charge in [0.15, 0.2) is 11.6 Å². The van der Waals surface area contributed by atoms with E-state index in [0.29, 0.717) is 17.6 Å². The number of rotatable bonds is 5. The minimum atomic E-state index is 0.529. The van der Waals surface area contributed by atoms with E-state index in [1.807, 2.05) is 48.5 Å². The first-order valence-electron chi connectivity index (χ1n) is 23.4. The Morgan fingerprint density at radius 1 is 0.304 bits per heavy atom. The molecular weight excluding hydrogens is 843 g/mol. The molecule has 0 fully saturated rings. The van der Waals surface area contributed by atoms with E-state index in [1.54, 1.807) is 0 Å². The molecule has 69 heavy (non-hydrogen) atoms. The monoisotopic (exact) mass is 879 g/mol. The van der Waals surface area contributed by atoms with Crippen LogP contribution in [0.1, 0.15) is 0 Å². The Bertz CT molecular complexity index is 4580. The first kappa shape index (κ1) is 37.8. The third kappa shape index (κ3) is 5.51. The maximum Gasteiger partial charge on any atom is 0.238 e. The summed E-state index contributed by atoms with van der Waals surface area (Å²) in [5, 5.41) is 14.0. The lowest BCUT2D eigenvalue weighted by Gasteiger charge is -2.17. The normalized spacial score (nSPS) is 12.1. The fraction of sp³-hybridized carbons (Fsp3) is 0. The molecule has 15 aromatic rings. The number of fused-ring (bicyclic) bond motifs is 16. The highest BCUT2D eigenvalue weighted by Gasteiger charge is 2.25. The molecule has 320 valence electrons. The van der Waals surface area contributed by atoms with Crippen LogP contribution in [0.5, 0.6) is 0 Å².